The maximum absolute atomic E-state index is 5.71. The van der Waals surface area contributed by atoms with Crippen LogP contribution in [0.5, 0.6) is 0 Å². The summed E-state index contributed by atoms with van der Waals surface area (Å²) in [6.45, 7) is 6.70. The minimum atomic E-state index is 0.194. The van der Waals surface area contributed by atoms with Crippen LogP contribution < -0.4 is 11.3 Å². The highest BCUT2D eigenvalue weighted by Crippen LogP contribution is 2.30. The lowest BCUT2D eigenvalue weighted by Gasteiger charge is -2.26. The van der Waals surface area contributed by atoms with Crippen LogP contribution in [0.4, 0.5) is 0 Å². The van der Waals surface area contributed by atoms with E-state index < -0.39 is 0 Å². The molecule has 0 heterocycles. The number of hydrazine groups is 1. The molecule has 0 fully saturated rings. The van der Waals surface area contributed by atoms with Gasteiger partial charge in [-0.25, -0.2) is 0 Å². The number of nitrogens with one attached hydrogen (secondary N) is 1. The molecule has 0 spiro atoms. The standard InChI is InChI=1S/C18H24N2/c1-18(2,3)13-17(20-19)16-11-9-15(10-12-16)14-7-5-4-6-8-14/h4-12,17,20H,13,19H2,1-3H3. The van der Waals surface area contributed by atoms with Gasteiger partial charge in [-0.1, -0.05) is 75.4 Å². The summed E-state index contributed by atoms with van der Waals surface area (Å²) in [5.74, 6) is 5.71. The molecule has 0 saturated carbocycles. The van der Waals surface area contributed by atoms with Gasteiger partial charge in [0.2, 0.25) is 0 Å². The van der Waals surface area contributed by atoms with Crippen molar-refractivity contribution in [2.45, 2.75) is 33.2 Å². The molecule has 0 amide bonds. The van der Waals surface area contributed by atoms with Gasteiger partial charge >= 0.3 is 0 Å². The summed E-state index contributed by atoms with van der Waals surface area (Å²) in [6, 6.07) is 19.3. The summed E-state index contributed by atoms with van der Waals surface area (Å²) in [5, 5.41) is 0. The predicted octanol–water partition coefficient (Wildman–Crippen LogP) is 4.29. The van der Waals surface area contributed by atoms with Gasteiger partial charge in [-0.3, -0.25) is 11.3 Å². The normalized spacial score (nSPS) is 13.2. The van der Waals surface area contributed by atoms with Gasteiger partial charge in [0, 0.05) is 6.04 Å². The third-order valence-electron chi connectivity index (χ3n) is 3.44. The molecule has 1 atom stereocenters. The van der Waals surface area contributed by atoms with Gasteiger partial charge in [0.15, 0.2) is 0 Å². The van der Waals surface area contributed by atoms with Crippen LogP contribution in [-0.4, -0.2) is 0 Å². The first-order chi connectivity index (χ1) is 9.49. The lowest BCUT2D eigenvalue weighted by atomic mass is 9.85. The van der Waals surface area contributed by atoms with Crippen LogP contribution >= 0.6 is 0 Å². The summed E-state index contributed by atoms with van der Waals surface area (Å²) in [4.78, 5) is 0. The summed E-state index contributed by atoms with van der Waals surface area (Å²) in [7, 11) is 0. The predicted molar refractivity (Wildman–Crippen MR) is 86.0 cm³/mol. The third-order valence-corrected chi connectivity index (χ3v) is 3.44. The van der Waals surface area contributed by atoms with Gasteiger partial charge in [0.25, 0.3) is 0 Å². The molecule has 2 aromatic rings. The number of benzene rings is 2. The Labute approximate surface area is 122 Å². The van der Waals surface area contributed by atoms with E-state index in [0.717, 1.165) is 6.42 Å². The van der Waals surface area contributed by atoms with Crippen molar-refractivity contribution in [3.8, 4) is 11.1 Å². The molecule has 1 unspecified atom stereocenters. The Morgan fingerprint density at radius 2 is 1.45 bits per heavy atom. The minimum absolute atomic E-state index is 0.194. The first kappa shape index (κ1) is 14.8. The second kappa shape index (κ2) is 6.21. The first-order valence-corrected chi connectivity index (χ1v) is 7.11. The Bertz CT molecular complexity index is 524. The van der Waals surface area contributed by atoms with E-state index in [1.807, 2.05) is 6.07 Å². The van der Waals surface area contributed by atoms with Crippen molar-refractivity contribution in [2.75, 3.05) is 0 Å². The van der Waals surface area contributed by atoms with Crippen LogP contribution in [-0.2, 0) is 0 Å². The number of hydrogen-bond donors (Lipinski definition) is 2. The third kappa shape index (κ3) is 3.92. The van der Waals surface area contributed by atoms with E-state index in [9.17, 15) is 0 Å². The fraction of sp³-hybridized carbons (Fsp3) is 0.333. The average molecular weight is 268 g/mol. The van der Waals surface area contributed by atoms with Crippen LogP contribution in [0.15, 0.2) is 54.6 Å². The van der Waals surface area contributed by atoms with Gasteiger partial charge in [-0.05, 0) is 28.5 Å². The zero-order valence-electron chi connectivity index (χ0n) is 12.6. The molecule has 0 aliphatic carbocycles. The van der Waals surface area contributed by atoms with Crippen molar-refractivity contribution in [2.24, 2.45) is 11.3 Å². The van der Waals surface area contributed by atoms with Crippen LogP contribution in [0, 0.1) is 5.41 Å². The Kier molecular flexibility index (Phi) is 4.58. The molecule has 2 rings (SSSR count). The zero-order chi connectivity index (χ0) is 14.6. The maximum atomic E-state index is 5.71. The summed E-state index contributed by atoms with van der Waals surface area (Å²) in [5.41, 5.74) is 6.90. The van der Waals surface area contributed by atoms with Gasteiger partial charge in [-0.2, -0.15) is 0 Å². The molecule has 0 aliphatic rings. The average Bonchev–Trinajstić information content (AvgIpc) is 2.45. The highest BCUT2D eigenvalue weighted by atomic mass is 15.2. The minimum Gasteiger partial charge on any atom is -0.271 e. The molecule has 0 aliphatic heterocycles. The largest absolute Gasteiger partial charge is 0.271 e. The molecule has 2 heteroatoms. The van der Waals surface area contributed by atoms with Crippen LogP contribution in [0.25, 0.3) is 11.1 Å². The molecule has 0 aromatic heterocycles. The highest BCUT2D eigenvalue weighted by Gasteiger charge is 2.19. The van der Waals surface area contributed by atoms with Crippen molar-refractivity contribution in [1.82, 2.24) is 5.43 Å². The van der Waals surface area contributed by atoms with E-state index in [1.165, 1.54) is 16.7 Å². The van der Waals surface area contributed by atoms with E-state index in [0.29, 0.717) is 0 Å². The molecule has 3 N–H and O–H groups in total. The van der Waals surface area contributed by atoms with Gasteiger partial charge in [-0.15, -0.1) is 0 Å². The van der Waals surface area contributed by atoms with E-state index in [-0.39, 0.29) is 11.5 Å². The Hall–Kier alpha value is -1.64. The second-order valence-corrected chi connectivity index (χ2v) is 6.47. The molecular weight excluding hydrogens is 244 g/mol. The number of nitrogens with two attached hydrogens (primary N) is 1. The topological polar surface area (TPSA) is 38.0 Å². The zero-order valence-corrected chi connectivity index (χ0v) is 12.6. The quantitative estimate of drug-likeness (QED) is 0.641. The van der Waals surface area contributed by atoms with Crippen molar-refractivity contribution in [1.29, 1.82) is 0 Å². The van der Waals surface area contributed by atoms with Crippen LogP contribution in [0.1, 0.15) is 38.8 Å². The second-order valence-electron chi connectivity index (χ2n) is 6.47. The van der Waals surface area contributed by atoms with E-state index in [1.54, 1.807) is 0 Å². The SMILES string of the molecule is CC(C)(C)CC(NN)c1ccc(-c2ccccc2)cc1. The maximum Gasteiger partial charge on any atom is 0.0464 e. The molecule has 0 saturated heterocycles. The summed E-state index contributed by atoms with van der Waals surface area (Å²) < 4.78 is 0. The smallest absolute Gasteiger partial charge is 0.0464 e. The first-order valence-electron chi connectivity index (χ1n) is 7.11. The lowest BCUT2D eigenvalue weighted by Crippen LogP contribution is -2.31. The van der Waals surface area contributed by atoms with Gasteiger partial charge < -0.3 is 0 Å². The van der Waals surface area contributed by atoms with E-state index in [4.69, 9.17) is 5.84 Å². The Balaban J connectivity index is 2.19. The number of hydrogen-bond acceptors (Lipinski definition) is 2. The van der Waals surface area contributed by atoms with Crippen molar-refractivity contribution < 1.29 is 0 Å². The molecule has 2 nitrogen and oxygen atoms in total. The molecule has 20 heavy (non-hydrogen) atoms. The lowest BCUT2D eigenvalue weighted by molar-refractivity contribution is 0.313. The molecule has 106 valence electrons. The highest BCUT2D eigenvalue weighted by molar-refractivity contribution is 5.63. The monoisotopic (exact) mass is 268 g/mol. The number of rotatable bonds is 4. The van der Waals surface area contributed by atoms with Crippen molar-refractivity contribution in [3.63, 3.8) is 0 Å². The Morgan fingerprint density at radius 3 is 1.95 bits per heavy atom. The van der Waals surface area contributed by atoms with E-state index in [2.05, 4.69) is 74.7 Å². The molecular formula is C18H24N2. The van der Waals surface area contributed by atoms with Crippen molar-refractivity contribution in [3.05, 3.63) is 60.2 Å². The van der Waals surface area contributed by atoms with E-state index >= 15 is 0 Å². The Morgan fingerprint density at radius 1 is 0.900 bits per heavy atom. The van der Waals surface area contributed by atoms with Crippen LogP contribution in [0.3, 0.4) is 0 Å². The molecule has 2 aromatic carbocycles. The summed E-state index contributed by atoms with van der Waals surface area (Å²) >= 11 is 0. The summed E-state index contributed by atoms with van der Waals surface area (Å²) in [6.07, 6.45) is 1.01. The fourth-order valence-corrected chi connectivity index (χ4v) is 2.42. The van der Waals surface area contributed by atoms with Crippen molar-refractivity contribution >= 4 is 0 Å². The van der Waals surface area contributed by atoms with Gasteiger partial charge in [0.05, 0.1) is 0 Å². The molecule has 0 bridgehead atoms. The van der Waals surface area contributed by atoms with Gasteiger partial charge in [0.1, 0.15) is 0 Å². The van der Waals surface area contributed by atoms with Crippen LogP contribution in [0.2, 0.25) is 0 Å². The molecule has 0 radical (unpaired) electrons. The fourth-order valence-electron chi connectivity index (χ4n) is 2.42.